The monoisotopic (exact) mass is 222 g/mol. The predicted molar refractivity (Wildman–Crippen MR) is 61.5 cm³/mol. The average molecular weight is 222 g/mol. The van der Waals surface area contributed by atoms with Crippen LogP contribution in [0, 0.1) is 0 Å². The Hall–Kier alpha value is -1.06. The van der Waals surface area contributed by atoms with Crippen LogP contribution in [-0.4, -0.2) is 24.4 Å². The van der Waals surface area contributed by atoms with Crippen molar-refractivity contribution in [3.8, 4) is 5.75 Å². The molecule has 0 aliphatic carbocycles. The minimum Gasteiger partial charge on any atom is -0.490 e. The molecule has 0 bridgehead atoms. The summed E-state index contributed by atoms with van der Waals surface area (Å²) in [6.45, 7) is 3.16. The van der Waals surface area contributed by atoms with Gasteiger partial charge in [0.1, 0.15) is 12.4 Å². The summed E-state index contributed by atoms with van der Waals surface area (Å²) in [7, 11) is 0. The normalized spacial score (nSPS) is 22.0. The van der Waals surface area contributed by atoms with Gasteiger partial charge in [-0.15, -0.1) is 0 Å². The maximum absolute atomic E-state index is 9.59. The third-order valence-electron chi connectivity index (χ3n) is 2.82. The summed E-state index contributed by atoms with van der Waals surface area (Å²) in [6, 6.07) is 7.59. The van der Waals surface area contributed by atoms with Crippen LogP contribution in [0.3, 0.4) is 0 Å². The van der Waals surface area contributed by atoms with E-state index in [0.29, 0.717) is 6.61 Å². The molecule has 1 N–H and O–H groups in total. The molecule has 0 amide bonds. The summed E-state index contributed by atoms with van der Waals surface area (Å²) in [5, 5.41) is 9.59. The number of hydrogen-bond donors (Lipinski definition) is 1. The highest BCUT2D eigenvalue weighted by Gasteiger charge is 2.17. The third-order valence-corrected chi connectivity index (χ3v) is 2.82. The van der Waals surface area contributed by atoms with Crippen molar-refractivity contribution in [3.63, 3.8) is 0 Å². The molecule has 3 heteroatoms. The molecule has 1 saturated heterocycles. The summed E-state index contributed by atoms with van der Waals surface area (Å²) in [5.41, 5.74) is 0.834. The van der Waals surface area contributed by atoms with Gasteiger partial charge in [0.25, 0.3) is 0 Å². The second kappa shape index (κ2) is 5.32. The van der Waals surface area contributed by atoms with Crippen molar-refractivity contribution in [2.24, 2.45) is 0 Å². The molecule has 1 unspecified atom stereocenters. The van der Waals surface area contributed by atoms with Crippen molar-refractivity contribution >= 4 is 0 Å². The SMILES string of the molecule is C[C@@H](O)c1ccccc1OCC1CCCO1. The molecule has 16 heavy (non-hydrogen) atoms. The van der Waals surface area contributed by atoms with E-state index in [0.717, 1.165) is 30.8 Å². The van der Waals surface area contributed by atoms with Crippen LogP contribution in [0.2, 0.25) is 0 Å². The molecule has 2 rings (SSSR count). The Morgan fingerprint density at radius 1 is 1.50 bits per heavy atom. The van der Waals surface area contributed by atoms with E-state index in [1.54, 1.807) is 6.92 Å². The van der Waals surface area contributed by atoms with Gasteiger partial charge in [0.15, 0.2) is 0 Å². The maximum Gasteiger partial charge on any atom is 0.125 e. The van der Waals surface area contributed by atoms with E-state index in [2.05, 4.69) is 0 Å². The van der Waals surface area contributed by atoms with Gasteiger partial charge in [0, 0.05) is 12.2 Å². The Balaban J connectivity index is 1.97. The first kappa shape index (κ1) is 11.4. The number of para-hydroxylation sites is 1. The van der Waals surface area contributed by atoms with E-state index >= 15 is 0 Å². The summed E-state index contributed by atoms with van der Waals surface area (Å²) < 4.78 is 11.2. The number of rotatable bonds is 4. The van der Waals surface area contributed by atoms with Gasteiger partial charge in [-0.3, -0.25) is 0 Å². The molecule has 1 aliphatic rings. The van der Waals surface area contributed by atoms with Crippen LogP contribution in [-0.2, 0) is 4.74 Å². The Morgan fingerprint density at radius 2 is 2.31 bits per heavy atom. The summed E-state index contributed by atoms with van der Waals surface area (Å²) in [4.78, 5) is 0. The van der Waals surface area contributed by atoms with Crippen LogP contribution >= 0.6 is 0 Å². The molecule has 1 fully saturated rings. The molecule has 1 aromatic carbocycles. The average Bonchev–Trinajstić information content (AvgIpc) is 2.79. The van der Waals surface area contributed by atoms with Gasteiger partial charge in [0.05, 0.1) is 12.2 Å². The zero-order chi connectivity index (χ0) is 11.4. The molecular weight excluding hydrogens is 204 g/mol. The van der Waals surface area contributed by atoms with Crippen molar-refractivity contribution in [2.75, 3.05) is 13.2 Å². The molecular formula is C13H18O3. The van der Waals surface area contributed by atoms with E-state index < -0.39 is 6.10 Å². The van der Waals surface area contributed by atoms with Gasteiger partial charge >= 0.3 is 0 Å². The molecule has 88 valence electrons. The van der Waals surface area contributed by atoms with Crippen LogP contribution in [0.25, 0.3) is 0 Å². The largest absolute Gasteiger partial charge is 0.490 e. The quantitative estimate of drug-likeness (QED) is 0.849. The van der Waals surface area contributed by atoms with Gasteiger partial charge in [-0.05, 0) is 25.8 Å². The molecule has 0 spiro atoms. The first-order valence-corrected chi connectivity index (χ1v) is 5.79. The van der Waals surface area contributed by atoms with E-state index in [4.69, 9.17) is 9.47 Å². The number of aliphatic hydroxyl groups is 1. The number of hydrogen-bond acceptors (Lipinski definition) is 3. The topological polar surface area (TPSA) is 38.7 Å². The second-order valence-corrected chi connectivity index (χ2v) is 4.16. The van der Waals surface area contributed by atoms with Crippen LogP contribution in [0.15, 0.2) is 24.3 Å². The van der Waals surface area contributed by atoms with E-state index in [1.165, 1.54) is 0 Å². The van der Waals surface area contributed by atoms with Gasteiger partial charge in [0.2, 0.25) is 0 Å². The smallest absolute Gasteiger partial charge is 0.125 e. The summed E-state index contributed by atoms with van der Waals surface area (Å²) in [5.74, 6) is 0.757. The second-order valence-electron chi connectivity index (χ2n) is 4.16. The minimum atomic E-state index is -0.499. The summed E-state index contributed by atoms with van der Waals surface area (Å²) >= 11 is 0. The Bertz CT molecular complexity index is 330. The van der Waals surface area contributed by atoms with E-state index in [1.807, 2.05) is 24.3 Å². The van der Waals surface area contributed by atoms with Crippen LogP contribution in [0.5, 0.6) is 5.75 Å². The first-order valence-electron chi connectivity index (χ1n) is 5.79. The lowest BCUT2D eigenvalue weighted by Crippen LogP contribution is -2.17. The lowest BCUT2D eigenvalue weighted by molar-refractivity contribution is 0.0664. The van der Waals surface area contributed by atoms with Crippen LogP contribution < -0.4 is 4.74 Å². The van der Waals surface area contributed by atoms with Crippen molar-refractivity contribution in [1.29, 1.82) is 0 Å². The van der Waals surface area contributed by atoms with Crippen molar-refractivity contribution in [3.05, 3.63) is 29.8 Å². The zero-order valence-corrected chi connectivity index (χ0v) is 9.56. The Labute approximate surface area is 96.0 Å². The van der Waals surface area contributed by atoms with E-state index in [-0.39, 0.29) is 6.10 Å². The lowest BCUT2D eigenvalue weighted by Gasteiger charge is -2.15. The van der Waals surface area contributed by atoms with Gasteiger partial charge in [-0.1, -0.05) is 18.2 Å². The molecule has 3 nitrogen and oxygen atoms in total. The molecule has 1 heterocycles. The number of benzene rings is 1. The Kier molecular flexibility index (Phi) is 3.80. The fourth-order valence-electron chi connectivity index (χ4n) is 1.92. The van der Waals surface area contributed by atoms with Crippen LogP contribution in [0.4, 0.5) is 0 Å². The summed E-state index contributed by atoms with van der Waals surface area (Å²) in [6.07, 6.45) is 1.89. The predicted octanol–water partition coefficient (Wildman–Crippen LogP) is 2.30. The number of ether oxygens (including phenoxy) is 2. The van der Waals surface area contributed by atoms with Gasteiger partial charge in [-0.25, -0.2) is 0 Å². The number of aliphatic hydroxyl groups excluding tert-OH is 1. The molecule has 0 saturated carbocycles. The van der Waals surface area contributed by atoms with Crippen molar-refractivity contribution in [1.82, 2.24) is 0 Å². The van der Waals surface area contributed by atoms with Crippen molar-refractivity contribution < 1.29 is 14.6 Å². The maximum atomic E-state index is 9.59. The molecule has 1 aromatic rings. The molecule has 2 atom stereocenters. The molecule has 1 aliphatic heterocycles. The fraction of sp³-hybridized carbons (Fsp3) is 0.538. The minimum absolute atomic E-state index is 0.210. The Morgan fingerprint density at radius 3 is 3.00 bits per heavy atom. The van der Waals surface area contributed by atoms with Gasteiger partial charge < -0.3 is 14.6 Å². The van der Waals surface area contributed by atoms with Crippen LogP contribution in [0.1, 0.15) is 31.4 Å². The van der Waals surface area contributed by atoms with Crippen molar-refractivity contribution in [2.45, 2.75) is 32.0 Å². The fourth-order valence-corrected chi connectivity index (χ4v) is 1.92. The molecule has 0 aromatic heterocycles. The third kappa shape index (κ3) is 2.74. The lowest BCUT2D eigenvalue weighted by atomic mass is 10.1. The van der Waals surface area contributed by atoms with E-state index in [9.17, 15) is 5.11 Å². The molecule has 0 radical (unpaired) electrons. The highest BCUT2D eigenvalue weighted by Crippen LogP contribution is 2.25. The standard InChI is InChI=1S/C13H18O3/c1-10(14)12-6-2-3-7-13(12)16-9-11-5-4-8-15-11/h2-3,6-7,10-11,14H,4-5,8-9H2,1H3/t10-,11?/m1/s1. The van der Waals surface area contributed by atoms with Gasteiger partial charge in [-0.2, -0.15) is 0 Å². The zero-order valence-electron chi connectivity index (χ0n) is 9.56. The highest BCUT2D eigenvalue weighted by molar-refractivity contribution is 5.34. The first-order chi connectivity index (χ1) is 7.77. The highest BCUT2D eigenvalue weighted by atomic mass is 16.5.